The Morgan fingerprint density at radius 3 is 2.40 bits per heavy atom. The second-order valence-electron chi connectivity index (χ2n) is 5.84. The predicted octanol–water partition coefficient (Wildman–Crippen LogP) is 1.69. The van der Waals surface area contributed by atoms with Gasteiger partial charge in [-0.25, -0.2) is 0 Å². The normalized spacial score (nSPS) is 16.0. The molecule has 1 aromatic heterocycles. The maximum Gasteiger partial charge on any atom is 0.367 e. The number of nitrogens with zero attached hydrogens (tertiary/aromatic N) is 3. The first kappa shape index (κ1) is 20.2. The van der Waals surface area contributed by atoms with Crippen LogP contribution in [0.2, 0.25) is 0 Å². The van der Waals surface area contributed by atoms with Gasteiger partial charge in [0, 0.05) is 40.9 Å². The summed E-state index contributed by atoms with van der Waals surface area (Å²) in [6.45, 7) is 4.28. The van der Waals surface area contributed by atoms with E-state index in [1.54, 1.807) is 0 Å². The van der Waals surface area contributed by atoms with E-state index in [9.17, 15) is 8.42 Å². The van der Waals surface area contributed by atoms with Gasteiger partial charge in [0.05, 0.1) is 0 Å². The molecule has 0 aliphatic carbocycles. The van der Waals surface area contributed by atoms with Crippen molar-refractivity contribution in [1.29, 1.82) is 0 Å². The second kappa shape index (κ2) is 9.56. The third-order valence-corrected chi connectivity index (χ3v) is 6.24. The molecule has 0 aromatic carbocycles. The van der Waals surface area contributed by atoms with Crippen LogP contribution >= 0.6 is 23.1 Å². The van der Waals surface area contributed by atoms with Crippen LogP contribution in [0.5, 0.6) is 0 Å². The fourth-order valence-electron chi connectivity index (χ4n) is 2.12. The molecule has 0 spiro atoms. The smallest absolute Gasteiger partial charge is 0.366 e. The van der Waals surface area contributed by atoms with E-state index in [1.807, 2.05) is 30.0 Å². The molecule has 25 heavy (non-hydrogen) atoms. The third kappa shape index (κ3) is 6.96. The van der Waals surface area contributed by atoms with E-state index in [4.69, 9.17) is 0 Å². The molecule has 0 radical (unpaired) electrons. The minimum Gasteiger partial charge on any atom is -0.366 e. The Hall–Kier alpha value is -1.10. The van der Waals surface area contributed by atoms with Gasteiger partial charge in [0.15, 0.2) is 11.7 Å². The zero-order chi connectivity index (χ0) is 18.3. The Morgan fingerprint density at radius 2 is 1.76 bits per heavy atom. The zero-order valence-electron chi connectivity index (χ0n) is 14.8. The zero-order valence-corrected chi connectivity index (χ0v) is 17.2. The minimum absolute atomic E-state index is 0.318. The number of nitrogens with one attached hydrogen (secondary N) is 2. The highest BCUT2D eigenvalue weighted by atomic mass is 32.2. The van der Waals surface area contributed by atoms with Crippen LogP contribution < -0.4 is 10.6 Å². The van der Waals surface area contributed by atoms with E-state index in [0.717, 1.165) is 24.5 Å². The number of thiophene rings is 1. The van der Waals surface area contributed by atoms with Crippen LogP contribution in [0.15, 0.2) is 20.9 Å². The summed E-state index contributed by atoms with van der Waals surface area (Å²) in [4.78, 5) is 4.89. The van der Waals surface area contributed by atoms with Crippen LogP contribution in [0.3, 0.4) is 0 Å². The standard InChI is InChI=1S/C15H25N5O2S3/c1-4-7-16-14-15(19-25(21,22)18-14)17-8-9-23-11-13-6-5-12(24-13)10-20(2)3/h5-6H,4,7-11H2,1-3H3,(H,16,18)(H,17,19). The fourth-order valence-corrected chi connectivity index (χ4v) is 5.03. The highest BCUT2D eigenvalue weighted by Gasteiger charge is 2.23. The Balaban J connectivity index is 1.72. The van der Waals surface area contributed by atoms with Crippen molar-refractivity contribution in [1.82, 2.24) is 15.5 Å². The largest absolute Gasteiger partial charge is 0.367 e. The van der Waals surface area contributed by atoms with Gasteiger partial charge < -0.3 is 15.5 Å². The lowest BCUT2D eigenvalue weighted by Gasteiger charge is -2.08. The predicted molar refractivity (Wildman–Crippen MR) is 108 cm³/mol. The van der Waals surface area contributed by atoms with Gasteiger partial charge in [0.1, 0.15) is 0 Å². The molecule has 7 nitrogen and oxygen atoms in total. The van der Waals surface area contributed by atoms with Crippen molar-refractivity contribution >= 4 is 45.0 Å². The molecule has 0 fully saturated rings. The van der Waals surface area contributed by atoms with Crippen LogP contribution in [0.25, 0.3) is 0 Å². The first-order valence-corrected chi connectivity index (χ1v) is 11.5. The van der Waals surface area contributed by atoms with E-state index in [-0.39, 0.29) is 0 Å². The number of rotatable bonds is 9. The van der Waals surface area contributed by atoms with E-state index < -0.39 is 10.2 Å². The van der Waals surface area contributed by atoms with Gasteiger partial charge in [-0.3, -0.25) is 0 Å². The van der Waals surface area contributed by atoms with Crippen LogP contribution in [0.4, 0.5) is 0 Å². The summed E-state index contributed by atoms with van der Waals surface area (Å²) in [7, 11) is 0.410. The molecule has 1 aliphatic heterocycles. The summed E-state index contributed by atoms with van der Waals surface area (Å²) in [5.41, 5.74) is 0. The molecule has 0 atom stereocenters. The van der Waals surface area contributed by atoms with Gasteiger partial charge in [-0.2, -0.15) is 20.2 Å². The van der Waals surface area contributed by atoms with Crippen molar-refractivity contribution in [3.63, 3.8) is 0 Å². The van der Waals surface area contributed by atoms with Crippen LogP contribution in [0.1, 0.15) is 23.1 Å². The molecule has 0 saturated heterocycles. The Morgan fingerprint density at radius 1 is 1.12 bits per heavy atom. The number of hydrogen-bond acceptors (Lipinski definition) is 7. The quantitative estimate of drug-likeness (QED) is 0.610. The van der Waals surface area contributed by atoms with Crippen molar-refractivity contribution < 1.29 is 8.42 Å². The first-order valence-electron chi connectivity index (χ1n) is 8.12. The second-order valence-corrected chi connectivity index (χ2v) is 9.46. The molecule has 2 heterocycles. The maximum absolute atomic E-state index is 11.5. The van der Waals surface area contributed by atoms with Gasteiger partial charge in [-0.1, -0.05) is 6.92 Å². The van der Waals surface area contributed by atoms with Gasteiger partial charge in [-0.05, 0) is 32.6 Å². The first-order chi connectivity index (χ1) is 11.9. The van der Waals surface area contributed by atoms with Crippen LogP contribution in [0, 0.1) is 0 Å². The highest BCUT2D eigenvalue weighted by Crippen LogP contribution is 2.22. The van der Waals surface area contributed by atoms with Crippen molar-refractivity contribution in [3.05, 3.63) is 21.9 Å². The van der Waals surface area contributed by atoms with Crippen molar-refractivity contribution in [2.75, 3.05) is 32.9 Å². The molecular formula is C15H25N5O2S3. The van der Waals surface area contributed by atoms with E-state index in [1.165, 1.54) is 9.75 Å². The molecule has 0 saturated carbocycles. The van der Waals surface area contributed by atoms with Crippen LogP contribution in [-0.4, -0.2) is 57.9 Å². The highest BCUT2D eigenvalue weighted by molar-refractivity contribution is 7.98. The van der Waals surface area contributed by atoms with E-state index >= 15 is 0 Å². The average molecular weight is 404 g/mol. The number of thioether (sulfide) groups is 1. The summed E-state index contributed by atoms with van der Waals surface area (Å²) in [5, 5.41) is 6.06. The average Bonchev–Trinajstić information content (AvgIpc) is 3.08. The van der Waals surface area contributed by atoms with Crippen molar-refractivity contribution in [3.8, 4) is 0 Å². The summed E-state index contributed by atoms with van der Waals surface area (Å²) in [5.74, 6) is 2.46. The van der Waals surface area contributed by atoms with Crippen molar-refractivity contribution in [2.24, 2.45) is 8.80 Å². The summed E-state index contributed by atoms with van der Waals surface area (Å²) in [6, 6.07) is 4.36. The van der Waals surface area contributed by atoms with Gasteiger partial charge in [0.25, 0.3) is 0 Å². The van der Waals surface area contributed by atoms with Crippen molar-refractivity contribution in [2.45, 2.75) is 25.6 Å². The molecule has 2 rings (SSSR count). The minimum atomic E-state index is -3.73. The number of hydrogen-bond donors (Lipinski definition) is 2. The van der Waals surface area contributed by atoms with Gasteiger partial charge in [-0.15, -0.1) is 20.1 Å². The Bertz CT molecular complexity index is 725. The number of amidine groups is 2. The molecule has 140 valence electrons. The third-order valence-electron chi connectivity index (χ3n) is 3.15. The molecule has 0 bridgehead atoms. The van der Waals surface area contributed by atoms with E-state index in [2.05, 4.69) is 50.6 Å². The SMILES string of the molecule is CCCNC1=NS(=O)(=O)N=C1NCCSCc1ccc(CN(C)C)s1. The Kier molecular flexibility index (Phi) is 7.73. The molecular weight excluding hydrogens is 378 g/mol. The lowest BCUT2D eigenvalue weighted by atomic mass is 10.4. The topological polar surface area (TPSA) is 86.2 Å². The molecule has 1 aromatic rings. The van der Waals surface area contributed by atoms with Gasteiger partial charge in [0.2, 0.25) is 0 Å². The summed E-state index contributed by atoms with van der Waals surface area (Å²) >= 11 is 3.65. The van der Waals surface area contributed by atoms with Crippen LogP contribution in [-0.2, 0) is 22.5 Å². The Labute approximate surface area is 158 Å². The molecule has 0 amide bonds. The lowest BCUT2D eigenvalue weighted by molar-refractivity contribution is 0.406. The monoisotopic (exact) mass is 403 g/mol. The molecule has 2 N–H and O–H groups in total. The molecule has 10 heteroatoms. The summed E-state index contributed by atoms with van der Waals surface area (Å²) in [6.07, 6.45) is 0.888. The summed E-state index contributed by atoms with van der Waals surface area (Å²) < 4.78 is 30.3. The fraction of sp³-hybridized carbons (Fsp3) is 0.600. The van der Waals surface area contributed by atoms with Gasteiger partial charge >= 0.3 is 10.2 Å². The van der Waals surface area contributed by atoms with E-state index in [0.29, 0.717) is 24.8 Å². The molecule has 1 aliphatic rings. The molecule has 0 unspecified atom stereocenters. The lowest BCUT2D eigenvalue weighted by Crippen LogP contribution is -2.39. The maximum atomic E-state index is 11.5.